The van der Waals surface area contributed by atoms with Crippen LogP contribution in [-0.2, 0) is 4.79 Å². The summed E-state index contributed by atoms with van der Waals surface area (Å²) in [6.45, 7) is 8.31. The van der Waals surface area contributed by atoms with E-state index < -0.39 is 0 Å². The zero-order valence-electron chi connectivity index (χ0n) is 11.9. The Morgan fingerprint density at radius 1 is 1.32 bits per heavy atom. The third-order valence-corrected chi connectivity index (χ3v) is 3.07. The van der Waals surface area contributed by atoms with Gasteiger partial charge in [0.25, 0.3) is 5.91 Å². The number of benzene rings is 1. The van der Waals surface area contributed by atoms with Crippen LogP contribution in [0.5, 0.6) is 0 Å². The zero-order chi connectivity index (χ0) is 14.0. The normalized spacial score (nSPS) is 17.0. The quantitative estimate of drug-likeness (QED) is 0.829. The molecule has 0 radical (unpaired) electrons. The van der Waals surface area contributed by atoms with Crippen molar-refractivity contribution in [2.24, 2.45) is 10.9 Å². The Morgan fingerprint density at radius 2 is 2.05 bits per heavy atom. The SMILES string of the molecule is Cc1ccc(C)c(/C=C2/N=C(CC(C)C)NC2=O)c1. The van der Waals surface area contributed by atoms with Gasteiger partial charge >= 0.3 is 0 Å². The first-order valence-corrected chi connectivity index (χ1v) is 6.63. The van der Waals surface area contributed by atoms with Crippen molar-refractivity contribution in [2.75, 3.05) is 0 Å². The first-order valence-electron chi connectivity index (χ1n) is 6.63. The van der Waals surface area contributed by atoms with Crippen LogP contribution in [0, 0.1) is 19.8 Å². The average molecular weight is 256 g/mol. The van der Waals surface area contributed by atoms with Crippen LogP contribution in [-0.4, -0.2) is 11.7 Å². The van der Waals surface area contributed by atoms with Gasteiger partial charge in [0.05, 0.1) is 0 Å². The number of aryl methyl sites for hydroxylation is 2. The van der Waals surface area contributed by atoms with Crippen LogP contribution < -0.4 is 5.32 Å². The molecule has 0 saturated heterocycles. The number of carbonyl (C=O) groups is 1. The number of aliphatic imine (C=N–C) groups is 1. The molecule has 0 saturated carbocycles. The van der Waals surface area contributed by atoms with Gasteiger partial charge in [0.15, 0.2) is 0 Å². The molecular formula is C16H20N2O. The van der Waals surface area contributed by atoms with Crippen LogP contribution in [0.4, 0.5) is 0 Å². The van der Waals surface area contributed by atoms with Crippen LogP contribution in [0.25, 0.3) is 6.08 Å². The van der Waals surface area contributed by atoms with Gasteiger partial charge in [0.2, 0.25) is 0 Å². The molecule has 1 aliphatic rings. The monoisotopic (exact) mass is 256 g/mol. The Hall–Kier alpha value is -1.90. The minimum absolute atomic E-state index is 0.100. The summed E-state index contributed by atoms with van der Waals surface area (Å²) < 4.78 is 0. The first kappa shape index (κ1) is 13.5. The Balaban J connectivity index is 2.30. The number of hydrogen-bond acceptors (Lipinski definition) is 2. The summed E-state index contributed by atoms with van der Waals surface area (Å²) in [6, 6.07) is 6.21. The van der Waals surface area contributed by atoms with E-state index in [1.54, 1.807) is 0 Å². The number of hydrogen-bond donors (Lipinski definition) is 1. The third kappa shape index (κ3) is 3.31. The van der Waals surface area contributed by atoms with Crippen molar-refractivity contribution in [2.45, 2.75) is 34.1 Å². The summed E-state index contributed by atoms with van der Waals surface area (Å²) in [7, 11) is 0. The molecule has 0 fully saturated rings. The molecule has 1 aliphatic heterocycles. The molecule has 0 aliphatic carbocycles. The van der Waals surface area contributed by atoms with Crippen molar-refractivity contribution >= 4 is 17.8 Å². The van der Waals surface area contributed by atoms with Crippen LogP contribution in [0.1, 0.15) is 37.0 Å². The molecule has 3 nitrogen and oxygen atoms in total. The van der Waals surface area contributed by atoms with Crippen molar-refractivity contribution < 1.29 is 4.79 Å². The van der Waals surface area contributed by atoms with Crippen molar-refractivity contribution in [1.82, 2.24) is 5.32 Å². The van der Waals surface area contributed by atoms with Crippen LogP contribution in [0.2, 0.25) is 0 Å². The molecule has 2 rings (SSSR count). The number of carbonyl (C=O) groups excluding carboxylic acids is 1. The van der Waals surface area contributed by atoms with Crippen molar-refractivity contribution in [3.05, 3.63) is 40.6 Å². The van der Waals surface area contributed by atoms with Gasteiger partial charge in [-0.25, -0.2) is 4.99 Å². The fourth-order valence-electron chi connectivity index (χ4n) is 2.06. The Labute approximate surface area is 114 Å². The summed E-state index contributed by atoms with van der Waals surface area (Å²) in [6.07, 6.45) is 2.67. The molecule has 1 aromatic rings. The van der Waals surface area contributed by atoms with E-state index in [1.807, 2.05) is 19.9 Å². The van der Waals surface area contributed by atoms with E-state index in [2.05, 4.69) is 42.4 Å². The lowest BCUT2D eigenvalue weighted by Gasteiger charge is -2.02. The average Bonchev–Trinajstić information content (AvgIpc) is 2.63. The first-order chi connectivity index (χ1) is 8.95. The second kappa shape index (κ2) is 5.39. The van der Waals surface area contributed by atoms with Crippen LogP contribution in [0.15, 0.2) is 28.9 Å². The summed E-state index contributed by atoms with van der Waals surface area (Å²) >= 11 is 0. The van der Waals surface area contributed by atoms with E-state index in [0.717, 1.165) is 23.4 Å². The molecule has 1 N–H and O–H groups in total. The molecule has 0 atom stereocenters. The van der Waals surface area contributed by atoms with Crippen molar-refractivity contribution in [3.63, 3.8) is 0 Å². The Kier molecular flexibility index (Phi) is 3.84. The molecule has 0 bridgehead atoms. The number of amides is 1. The number of nitrogens with zero attached hydrogens (tertiary/aromatic N) is 1. The van der Waals surface area contributed by atoms with E-state index in [1.165, 1.54) is 5.56 Å². The van der Waals surface area contributed by atoms with E-state index in [9.17, 15) is 4.79 Å². The van der Waals surface area contributed by atoms with E-state index in [-0.39, 0.29) is 5.91 Å². The maximum atomic E-state index is 11.9. The molecule has 19 heavy (non-hydrogen) atoms. The summed E-state index contributed by atoms with van der Waals surface area (Å²) in [5, 5.41) is 2.83. The maximum Gasteiger partial charge on any atom is 0.275 e. The molecule has 0 spiro atoms. The van der Waals surface area contributed by atoms with Gasteiger partial charge in [-0.3, -0.25) is 4.79 Å². The summed E-state index contributed by atoms with van der Waals surface area (Å²) in [5.74, 6) is 1.16. The fourth-order valence-corrected chi connectivity index (χ4v) is 2.06. The predicted molar refractivity (Wildman–Crippen MR) is 78.9 cm³/mol. The van der Waals surface area contributed by atoms with E-state index in [4.69, 9.17) is 0 Å². The third-order valence-electron chi connectivity index (χ3n) is 3.07. The second-order valence-electron chi connectivity index (χ2n) is 5.50. The summed E-state index contributed by atoms with van der Waals surface area (Å²) in [4.78, 5) is 16.3. The van der Waals surface area contributed by atoms with E-state index in [0.29, 0.717) is 11.6 Å². The topological polar surface area (TPSA) is 41.5 Å². The highest BCUT2D eigenvalue weighted by Gasteiger charge is 2.20. The zero-order valence-corrected chi connectivity index (χ0v) is 11.9. The molecule has 1 heterocycles. The van der Waals surface area contributed by atoms with Gasteiger partial charge in [-0.15, -0.1) is 0 Å². The molecular weight excluding hydrogens is 236 g/mol. The predicted octanol–water partition coefficient (Wildman–Crippen LogP) is 3.22. The lowest BCUT2D eigenvalue weighted by Crippen LogP contribution is -2.24. The standard InChI is InChI=1S/C16H20N2O/c1-10(2)7-15-17-14(16(19)18-15)9-13-8-11(3)5-6-12(13)4/h5-6,8-10H,7H2,1-4H3,(H,17,18,19)/b14-9+. The number of rotatable bonds is 3. The lowest BCUT2D eigenvalue weighted by atomic mass is 10.0. The van der Waals surface area contributed by atoms with Crippen LogP contribution in [0.3, 0.4) is 0 Å². The highest BCUT2D eigenvalue weighted by Crippen LogP contribution is 2.18. The minimum Gasteiger partial charge on any atom is -0.309 e. The lowest BCUT2D eigenvalue weighted by molar-refractivity contribution is -0.115. The van der Waals surface area contributed by atoms with Gasteiger partial charge in [0, 0.05) is 6.42 Å². The molecule has 0 aromatic heterocycles. The number of amidine groups is 1. The van der Waals surface area contributed by atoms with E-state index >= 15 is 0 Å². The molecule has 0 unspecified atom stereocenters. The highest BCUT2D eigenvalue weighted by molar-refractivity contribution is 6.14. The summed E-state index contributed by atoms with van der Waals surface area (Å²) in [5.41, 5.74) is 3.89. The maximum absolute atomic E-state index is 11.9. The highest BCUT2D eigenvalue weighted by atomic mass is 16.2. The molecule has 100 valence electrons. The second-order valence-corrected chi connectivity index (χ2v) is 5.50. The Morgan fingerprint density at radius 3 is 2.74 bits per heavy atom. The molecule has 3 heteroatoms. The minimum atomic E-state index is -0.100. The molecule has 1 amide bonds. The Bertz CT molecular complexity index is 568. The van der Waals surface area contributed by atoms with Gasteiger partial charge < -0.3 is 5.32 Å². The smallest absolute Gasteiger partial charge is 0.275 e. The fraction of sp³-hybridized carbons (Fsp3) is 0.375. The van der Waals surface area contributed by atoms with Crippen LogP contribution >= 0.6 is 0 Å². The van der Waals surface area contributed by atoms with Crippen molar-refractivity contribution in [3.8, 4) is 0 Å². The largest absolute Gasteiger partial charge is 0.309 e. The van der Waals surface area contributed by atoms with Gasteiger partial charge in [-0.05, 0) is 37.0 Å². The van der Waals surface area contributed by atoms with Gasteiger partial charge in [-0.2, -0.15) is 0 Å². The van der Waals surface area contributed by atoms with Crippen molar-refractivity contribution in [1.29, 1.82) is 0 Å². The number of nitrogens with one attached hydrogen (secondary N) is 1. The van der Waals surface area contributed by atoms with Gasteiger partial charge in [0.1, 0.15) is 11.5 Å². The van der Waals surface area contributed by atoms with Gasteiger partial charge in [-0.1, -0.05) is 37.6 Å². The molecule has 1 aromatic carbocycles.